The molecule has 0 aliphatic heterocycles. The highest BCUT2D eigenvalue weighted by Gasteiger charge is 2.29. The third-order valence-corrected chi connectivity index (χ3v) is 5.42. The Balaban J connectivity index is 2.37. The van der Waals surface area contributed by atoms with Gasteiger partial charge >= 0.3 is 5.97 Å². The minimum absolute atomic E-state index is 0.309. The van der Waals surface area contributed by atoms with Gasteiger partial charge in [-0.25, -0.2) is 12.8 Å². The van der Waals surface area contributed by atoms with Gasteiger partial charge in [0.15, 0.2) is 6.04 Å². The molecule has 2 aromatic rings. The van der Waals surface area contributed by atoms with Crippen molar-refractivity contribution in [2.75, 3.05) is 0 Å². The van der Waals surface area contributed by atoms with Crippen molar-refractivity contribution in [2.45, 2.75) is 10.9 Å². The number of benzene rings is 1. The molecule has 0 saturated carbocycles. The molecule has 1 unspecified atom stereocenters. The van der Waals surface area contributed by atoms with E-state index in [4.69, 9.17) is 5.11 Å². The van der Waals surface area contributed by atoms with Crippen LogP contribution in [0.5, 0.6) is 0 Å². The van der Waals surface area contributed by atoms with Gasteiger partial charge in [0.25, 0.3) is 0 Å². The van der Waals surface area contributed by atoms with Crippen molar-refractivity contribution in [3.05, 3.63) is 50.9 Å². The Morgan fingerprint density at radius 3 is 2.62 bits per heavy atom. The molecule has 0 aliphatic carbocycles. The van der Waals surface area contributed by atoms with Crippen LogP contribution in [0.25, 0.3) is 0 Å². The first-order chi connectivity index (χ1) is 9.81. The topological polar surface area (TPSA) is 83.5 Å². The molecule has 21 heavy (non-hydrogen) atoms. The second-order valence-corrected chi connectivity index (χ2v) is 7.56. The number of carboxylic acids is 1. The normalized spacial score (nSPS) is 13.0. The predicted molar refractivity (Wildman–Crippen MR) is 79.1 cm³/mol. The molecule has 0 saturated heterocycles. The lowest BCUT2D eigenvalue weighted by Gasteiger charge is -2.14. The number of aliphatic carboxylic acids is 1. The van der Waals surface area contributed by atoms with E-state index in [1.807, 2.05) is 4.72 Å². The minimum Gasteiger partial charge on any atom is -0.480 e. The second-order valence-electron chi connectivity index (χ2n) is 3.98. The zero-order valence-electron chi connectivity index (χ0n) is 10.3. The van der Waals surface area contributed by atoms with Gasteiger partial charge in [0.1, 0.15) is 10.7 Å². The average molecular weight is 394 g/mol. The standard InChI is InChI=1S/C12H9BrFNO4S2/c13-7-3-4-10(8(14)6-7)21(18,19)15-11(12(16)17)9-2-1-5-20-9/h1-6,11,15H,(H,16,17). The van der Waals surface area contributed by atoms with Crippen molar-refractivity contribution in [1.82, 2.24) is 4.72 Å². The van der Waals surface area contributed by atoms with E-state index in [9.17, 15) is 17.6 Å². The van der Waals surface area contributed by atoms with Crippen molar-refractivity contribution >= 4 is 43.3 Å². The third kappa shape index (κ3) is 3.67. The summed E-state index contributed by atoms with van der Waals surface area (Å²) in [6, 6.07) is 5.05. The Bertz CT molecular complexity index is 762. The van der Waals surface area contributed by atoms with Crippen LogP contribution >= 0.6 is 27.3 Å². The summed E-state index contributed by atoms with van der Waals surface area (Å²) in [5.41, 5.74) is 0. The molecule has 0 bridgehead atoms. The van der Waals surface area contributed by atoms with E-state index in [2.05, 4.69) is 15.9 Å². The summed E-state index contributed by atoms with van der Waals surface area (Å²) in [7, 11) is -4.30. The van der Waals surface area contributed by atoms with E-state index in [1.165, 1.54) is 12.1 Å². The van der Waals surface area contributed by atoms with Gasteiger partial charge in [-0.2, -0.15) is 4.72 Å². The molecule has 1 aromatic heterocycles. The van der Waals surface area contributed by atoms with Gasteiger partial charge in [0, 0.05) is 9.35 Å². The number of rotatable bonds is 5. The number of halogens is 2. The van der Waals surface area contributed by atoms with Crippen LogP contribution in [-0.4, -0.2) is 19.5 Å². The molecular formula is C12H9BrFNO4S2. The van der Waals surface area contributed by atoms with E-state index in [1.54, 1.807) is 11.4 Å². The highest BCUT2D eigenvalue weighted by molar-refractivity contribution is 9.10. The number of hydrogen-bond donors (Lipinski definition) is 2. The summed E-state index contributed by atoms with van der Waals surface area (Å²) in [6.45, 7) is 0. The van der Waals surface area contributed by atoms with Crippen LogP contribution in [0.15, 0.2) is 45.1 Å². The smallest absolute Gasteiger partial charge is 0.327 e. The Hall–Kier alpha value is -1.29. The molecule has 0 amide bonds. The van der Waals surface area contributed by atoms with Gasteiger partial charge in [-0.3, -0.25) is 4.79 Å². The Morgan fingerprint density at radius 1 is 1.38 bits per heavy atom. The maximum Gasteiger partial charge on any atom is 0.327 e. The van der Waals surface area contributed by atoms with Crippen LogP contribution in [0.2, 0.25) is 0 Å². The number of nitrogens with one attached hydrogen (secondary N) is 1. The zero-order valence-corrected chi connectivity index (χ0v) is 13.5. The summed E-state index contributed by atoms with van der Waals surface area (Å²) in [4.78, 5) is 10.9. The van der Waals surface area contributed by atoms with Crippen LogP contribution in [-0.2, 0) is 14.8 Å². The van der Waals surface area contributed by atoms with Gasteiger partial charge in [-0.05, 0) is 29.6 Å². The van der Waals surface area contributed by atoms with Crippen molar-refractivity contribution in [3.63, 3.8) is 0 Å². The van der Waals surface area contributed by atoms with Gasteiger partial charge in [0.2, 0.25) is 10.0 Å². The highest BCUT2D eigenvalue weighted by Crippen LogP contribution is 2.24. The van der Waals surface area contributed by atoms with Crippen LogP contribution in [0, 0.1) is 5.82 Å². The molecule has 1 heterocycles. The molecule has 0 fully saturated rings. The van der Waals surface area contributed by atoms with Gasteiger partial charge in [0.05, 0.1) is 0 Å². The molecule has 1 aromatic carbocycles. The summed E-state index contributed by atoms with van der Waals surface area (Å²) in [5.74, 6) is -2.33. The van der Waals surface area contributed by atoms with Crippen molar-refractivity contribution in [3.8, 4) is 0 Å². The lowest BCUT2D eigenvalue weighted by atomic mass is 10.3. The third-order valence-electron chi connectivity index (χ3n) is 2.53. The van der Waals surface area contributed by atoms with E-state index in [0.717, 1.165) is 23.5 Å². The maximum atomic E-state index is 13.7. The van der Waals surface area contributed by atoms with Gasteiger partial charge in [-0.15, -0.1) is 11.3 Å². The number of thiophene rings is 1. The molecular weight excluding hydrogens is 385 g/mol. The molecule has 0 radical (unpaired) electrons. The molecule has 112 valence electrons. The summed E-state index contributed by atoms with van der Waals surface area (Å²) in [6.07, 6.45) is 0. The first-order valence-corrected chi connectivity index (χ1v) is 8.70. The average Bonchev–Trinajstić information content (AvgIpc) is 2.88. The fourth-order valence-electron chi connectivity index (χ4n) is 1.60. The Morgan fingerprint density at radius 2 is 2.10 bits per heavy atom. The van der Waals surface area contributed by atoms with Gasteiger partial charge < -0.3 is 5.11 Å². The van der Waals surface area contributed by atoms with Crippen LogP contribution in [0.3, 0.4) is 0 Å². The van der Waals surface area contributed by atoms with Crippen molar-refractivity contribution < 1.29 is 22.7 Å². The van der Waals surface area contributed by atoms with E-state index >= 15 is 0 Å². The Labute approximate surface area is 132 Å². The molecule has 5 nitrogen and oxygen atoms in total. The molecule has 0 spiro atoms. The fourth-order valence-corrected chi connectivity index (χ4v) is 4.00. The van der Waals surface area contributed by atoms with Gasteiger partial charge in [-0.1, -0.05) is 22.0 Å². The number of hydrogen-bond acceptors (Lipinski definition) is 4. The number of carbonyl (C=O) groups is 1. The minimum atomic E-state index is -4.30. The number of sulfonamides is 1. The molecule has 9 heteroatoms. The molecule has 0 aliphatic rings. The lowest BCUT2D eigenvalue weighted by Crippen LogP contribution is -2.33. The van der Waals surface area contributed by atoms with Crippen molar-refractivity contribution in [2.24, 2.45) is 0 Å². The van der Waals surface area contributed by atoms with Crippen molar-refractivity contribution in [1.29, 1.82) is 0 Å². The zero-order chi connectivity index (χ0) is 15.6. The first-order valence-electron chi connectivity index (χ1n) is 5.55. The van der Waals surface area contributed by atoms with E-state index < -0.39 is 32.7 Å². The first kappa shape index (κ1) is 16.1. The lowest BCUT2D eigenvalue weighted by molar-refractivity contribution is -0.139. The van der Waals surface area contributed by atoms with Crippen LogP contribution in [0.4, 0.5) is 4.39 Å². The SMILES string of the molecule is O=C(O)C(NS(=O)(=O)c1ccc(Br)cc1F)c1cccs1. The largest absolute Gasteiger partial charge is 0.480 e. The quantitative estimate of drug-likeness (QED) is 0.817. The molecule has 2 N–H and O–H groups in total. The number of carboxylic acid groups (broad SMARTS) is 1. The monoisotopic (exact) mass is 393 g/mol. The van der Waals surface area contributed by atoms with Crippen LogP contribution in [0.1, 0.15) is 10.9 Å². The maximum absolute atomic E-state index is 13.7. The summed E-state index contributed by atoms with van der Waals surface area (Å²) >= 11 is 4.11. The van der Waals surface area contributed by atoms with E-state index in [-0.39, 0.29) is 0 Å². The summed E-state index contributed by atoms with van der Waals surface area (Å²) in [5, 5.41) is 10.8. The second kappa shape index (κ2) is 6.22. The molecule has 2 rings (SSSR count). The summed E-state index contributed by atoms with van der Waals surface area (Å²) < 4.78 is 40.4. The fraction of sp³-hybridized carbons (Fsp3) is 0.0833. The Kier molecular flexibility index (Phi) is 4.77. The predicted octanol–water partition coefficient (Wildman–Crippen LogP) is 2.75. The molecule has 1 atom stereocenters. The highest BCUT2D eigenvalue weighted by atomic mass is 79.9. The van der Waals surface area contributed by atoms with E-state index in [0.29, 0.717) is 9.35 Å². The van der Waals surface area contributed by atoms with Crippen LogP contribution < -0.4 is 4.72 Å².